The number of aromatic amines is 1. The topological polar surface area (TPSA) is 66.8 Å². The Balaban J connectivity index is 1.60. The molecule has 6 nitrogen and oxygen atoms in total. The zero-order chi connectivity index (χ0) is 17.4. The summed E-state index contributed by atoms with van der Waals surface area (Å²) in [5.74, 6) is -0.00122. The van der Waals surface area contributed by atoms with E-state index in [0.717, 1.165) is 41.8 Å². The lowest BCUT2D eigenvalue weighted by molar-refractivity contribution is 0.0729. The molecule has 0 radical (unpaired) electrons. The third kappa shape index (κ3) is 2.84. The molecule has 0 aliphatic carbocycles. The minimum absolute atomic E-state index is 0.00122. The molecule has 1 aliphatic heterocycles. The first-order valence-electron chi connectivity index (χ1n) is 8.54. The summed E-state index contributed by atoms with van der Waals surface area (Å²) in [6.07, 6.45) is 5.81. The van der Waals surface area contributed by atoms with Gasteiger partial charge in [0.1, 0.15) is 5.69 Å². The number of rotatable bonds is 3. The van der Waals surface area contributed by atoms with E-state index in [1.54, 1.807) is 4.68 Å². The van der Waals surface area contributed by atoms with Crippen LogP contribution in [0.2, 0.25) is 0 Å². The van der Waals surface area contributed by atoms with Crippen molar-refractivity contribution in [1.29, 1.82) is 0 Å². The maximum Gasteiger partial charge on any atom is 0.272 e. The molecule has 1 saturated heterocycles. The van der Waals surface area contributed by atoms with Crippen LogP contribution in [-0.2, 0) is 7.05 Å². The number of likely N-dealkylation sites (tertiary alicyclic amines) is 1. The summed E-state index contributed by atoms with van der Waals surface area (Å²) in [4.78, 5) is 14.9. The molecule has 2 aromatic heterocycles. The van der Waals surface area contributed by atoms with Gasteiger partial charge >= 0.3 is 0 Å². The molecule has 1 unspecified atom stereocenters. The van der Waals surface area contributed by atoms with Gasteiger partial charge in [-0.2, -0.15) is 10.2 Å². The second-order valence-corrected chi connectivity index (χ2v) is 6.59. The molecule has 1 aromatic carbocycles. The smallest absolute Gasteiger partial charge is 0.272 e. The Bertz CT molecular complexity index is 910. The van der Waals surface area contributed by atoms with Crippen LogP contribution in [0.1, 0.15) is 40.5 Å². The van der Waals surface area contributed by atoms with Crippen molar-refractivity contribution in [2.45, 2.75) is 25.8 Å². The van der Waals surface area contributed by atoms with Crippen LogP contribution >= 0.6 is 0 Å². The number of hydrogen-bond acceptors (Lipinski definition) is 3. The summed E-state index contributed by atoms with van der Waals surface area (Å²) in [7, 11) is 1.90. The summed E-state index contributed by atoms with van der Waals surface area (Å²) >= 11 is 0. The largest absolute Gasteiger partial charge is 0.330 e. The van der Waals surface area contributed by atoms with Crippen molar-refractivity contribution in [3.05, 3.63) is 59.5 Å². The molecule has 1 N–H and O–H groups in total. The van der Waals surface area contributed by atoms with Crippen molar-refractivity contribution in [3.63, 3.8) is 0 Å². The Hall–Kier alpha value is -2.89. The van der Waals surface area contributed by atoms with Gasteiger partial charge in [-0.25, -0.2) is 0 Å². The molecule has 4 rings (SSSR count). The average Bonchev–Trinajstić information content (AvgIpc) is 3.34. The van der Waals surface area contributed by atoms with E-state index in [1.165, 1.54) is 0 Å². The van der Waals surface area contributed by atoms with Gasteiger partial charge in [0.05, 0.1) is 17.9 Å². The van der Waals surface area contributed by atoms with Crippen molar-refractivity contribution in [1.82, 2.24) is 24.9 Å². The maximum atomic E-state index is 13.0. The predicted molar refractivity (Wildman–Crippen MR) is 95.0 cm³/mol. The molecule has 25 heavy (non-hydrogen) atoms. The Kier molecular flexibility index (Phi) is 3.87. The van der Waals surface area contributed by atoms with Crippen molar-refractivity contribution in [3.8, 4) is 11.3 Å². The van der Waals surface area contributed by atoms with E-state index in [1.807, 2.05) is 61.6 Å². The molecule has 0 bridgehead atoms. The van der Waals surface area contributed by atoms with Crippen LogP contribution in [0.3, 0.4) is 0 Å². The van der Waals surface area contributed by atoms with E-state index in [2.05, 4.69) is 15.3 Å². The zero-order valence-corrected chi connectivity index (χ0v) is 14.4. The Labute approximate surface area is 146 Å². The second-order valence-electron chi connectivity index (χ2n) is 6.59. The van der Waals surface area contributed by atoms with Crippen molar-refractivity contribution >= 4 is 5.91 Å². The molecule has 128 valence electrons. The summed E-state index contributed by atoms with van der Waals surface area (Å²) < 4.78 is 1.78. The average molecular weight is 335 g/mol. The van der Waals surface area contributed by atoms with Crippen LogP contribution in [0.25, 0.3) is 11.3 Å². The van der Waals surface area contributed by atoms with Crippen LogP contribution in [-0.4, -0.2) is 37.3 Å². The van der Waals surface area contributed by atoms with E-state index in [-0.39, 0.29) is 11.9 Å². The third-order valence-electron chi connectivity index (χ3n) is 4.85. The van der Waals surface area contributed by atoms with E-state index in [9.17, 15) is 4.79 Å². The fourth-order valence-electron chi connectivity index (χ4n) is 3.55. The van der Waals surface area contributed by atoms with Gasteiger partial charge in [-0.05, 0) is 31.4 Å². The van der Waals surface area contributed by atoms with Gasteiger partial charge < -0.3 is 4.90 Å². The number of aryl methyl sites for hydroxylation is 2. The molecular weight excluding hydrogens is 314 g/mol. The molecule has 6 heteroatoms. The Morgan fingerprint density at radius 1 is 1.32 bits per heavy atom. The van der Waals surface area contributed by atoms with E-state index < -0.39 is 0 Å². The number of nitrogens with one attached hydrogen (secondary N) is 1. The molecule has 1 fully saturated rings. The van der Waals surface area contributed by atoms with E-state index >= 15 is 0 Å². The molecule has 1 atom stereocenters. The minimum atomic E-state index is -0.00122. The summed E-state index contributed by atoms with van der Waals surface area (Å²) in [6, 6.07) is 9.99. The first-order valence-corrected chi connectivity index (χ1v) is 8.54. The van der Waals surface area contributed by atoms with Gasteiger partial charge in [0.15, 0.2) is 0 Å². The monoisotopic (exact) mass is 335 g/mol. The van der Waals surface area contributed by atoms with Crippen LogP contribution in [0, 0.1) is 6.92 Å². The number of hydrogen-bond donors (Lipinski definition) is 1. The Morgan fingerprint density at radius 2 is 2.16 bits per heavy atom. The van der Waals surface area contributed by atoms with Crippen LogP contribution in [0.4, 0.5) is 0 Å². The standard InChI is InChI=1S/C19H21N5O/c1-13-6-3-4-7-15(13)16-10-17(22-21-16)19(25)24-9-5-8-18(24)14-11-20-23(2)12-14/h3-4,6-7,10-12,18H,5,8-9H2,1-2H3,(H,21,22). The van der Waals surface area contributed by atoms with E-state index in [0.29, 0.717) is 5.69 Å². The van der Waals surface area contributed by atoms with Crippen molar-refractivity contribution < 1.29 is 4.79 Å². The van der Waals surface area contributed by atoms with Crippen LogP contribution in [0.15, 0.2) is 42.7 Å². The van der Waals surface area contributed by atoms with Gasteiger partial charge in [-0.1, -0.05) is 24.3 Å². The molecule has 0 spiro atoms. The molecular formula is C19H21N5O. The highest BCUT2D eigenvalue weighted by molar-refractivity contribution is 5.94. The number of benzene rings is 1. The molecule has 1 aliphatic rings. The second kappa shape index (κ2) is 6.20. The molecule has 3 aromatic rings. The number of nitrogens with zero attached hydrogens (tertiary/aromatic N) is 4. The highest BCUT2D eigenvalue weighted by Crippen LogP contribution is 2.33. The quantitative estimate of drug-likeness (QED) is 0.800. The lowest BCUT2D eigenvalue weighted by Gasteiger charge is -2.23. The summed E-state index contributed by atoms with van der Waals surface area (Å²) in [6.45, 7) is 2.81. The number of carbonyl (C=O) groups excluding carboxylic acids is 1. The highest BCUT2D eigenvalue weighted by atomic mass is 16.2. The number of amides is 1. The van der Waals surface area contributed by atoms with Gasteiger partial charge in [0.25, 0.3) is 5.91 Å². The first kappa shape index (κ1) is 15.6. The van der Waals surface area contributed by atoms with Crippen molar-refractivity contribution in [2.75, 3.05) is 6.54 Å². The summed E-state index contributed by atoms with van der Waals surface area (Å²) in [5.41, 5.74) is 4.62. The van der Waals surface area contributed by atoms with Gasteiger partial charge in [-0.15, -0.1) is 0 Å². The first-order chi connectivity index (χ1) is 12.1. The summed E-state index contributed by atoms with van der Waals surface area (Å²) in [5, 5.41) is 11.5. The highest BCUT2D eigenvalue weighted by Gasteiger charge is 2.32. The zero-order valence-electron chi connectivity index (χ0n) is 14.4. The molecule has 0 saturated carbocycles. The van der Waals surface area contributed by atoms with Gasteiger partial charge in [-0.3, -0.25) is 14.6 Å². The number of aromatic nitrogens is 4. The van der Waals surface area contributed by atoms with E-state index in [4.69, 9.17) is 0 Å². The van der Waals surface area contributed by atoms with Crippen molar-refractivity contribution in [2.24, 2.45) is 7.05 Å². The fraction of sp³-hybridized carbons (Fsp3) is 0.316. The number of H-pyrrole nitrogens is 1. The predicted octanol–water partition coefficient (Wildman–Crippen LogP) is 3.10. The lowest BCUT2D eigenvalue weighted by atomic mass is 10.1. The Morgan fingerprint density at radius 3 is 2.92 bits per heavy atom. The fourth-order valence-corrected chi connectivity index (χ4v) is 3.55. The lowest BCUT2D eigenvalue weighted by Crippen LogP contribution is -2.30. The normalized spacial score (nSPS) is 17.2. The SMILES string of the molecule is Cc1ccccc1-c1cc(C(=O)N2CCCC2c2cnn(C)c2)[nH]n1. The molecule has 3 heterocycles. The third-order valence-corrected chi connectivity index (χ3v) is 4.85. The van der Waals surface area contributed by atoms with Crippen LogP contribution in [0.5, 0.6) is 0 Å². The molecule has 1 amide bonds. The maximum absolute atomic E-state index is 13.0. The minimum Gasteiger partial charge on any atom is -0.330 e. The number of carbonyl (C=O) groups is 1. The van der Waals surface area contributed by atoms with Gasteiger partial charge in [0.2, 0.25) is 0 Å². The van der Waals surface area contributed by atoms with Gasteiger partial charge in [0, 0.05) is 30.9 Å². The van der Waals surface area contributed by atoms with Crippen LogP contribution < -0.4 is 0 Å².